The smallest absolute Gasteiger partial charge is 0.0724 e. The predicted molar refractivity (Wildman–Crippen MR) is 81.9 cm³/mol. The Morgan fingerprint density at radius 3 is 2.65 bits per heavy atom. The standard InChI is InChI=1S/C16H32N2O2/c1-4-8-17-16(12-19,14-5-6-14)11-18-9-7-13(2)15(10-18)20-3/h13-15,17,19H,4-12H2,1-3H3. The van der Waals surface area contributed by atoms with Gasteiger partial charge in [-0.25, -0.2) is 0 Å². The summed E-state index contributed by atoms with van der Waals surface area (Å²) in [4.78, 5) is 2.49. The second kappa shape index (κ2) is 7.21. The van der Waals surface area contributed by atoms with E-state index in [1.165, 1.54) is 19.3 Å². The first-order valence-corrected chi connectivity index (χ1v) is 8.26. The van der Waals surface area contributed by atoms with E-state index in [0.717, 1.165) is 32.6 Å². The lowest BCUT2D eigenvalue weighted by atomic mass is 9.90. The van der Waals surface area contributed by atoms with Gasteiger partial charge < -0.3 is 15.2 Å². The SMILES string of the molecule is CCCNC(CO)(CN1CCC(C)C(OC)C1)C1CC1. The summed E-state index contributed by atoms with van der Waals surface area (Å²) in [6, 6.07) is 0. The van der Waals surface area contributed by atoms with E-state index in [4.69, 9.17) is 4.74 Å². The molecule has 2 rings (SSSR count). The summed E-state index contributed by atoms with van der Waals surface area (Å²) < 4.78 is 5.61. The number of nitrogens with zero attached hydrogens (tertiary/aromatic N) is 1. The zero-order valence-electron chi connectivity index (χ0n) is 13.4. The number of aliphatic hydroxyl groups excluding tert-OH is 1. The van der Waals surface area contributed by atoms with Gasteiger partial charge in [-0.15, -0.1) is 0 Å². The number of ether oxygens (including phenoxy) is 1. The van der Waals surface area contributed by atoms with Crippen LogP contribution in [0.15, 0.2) is 0 Å². The van der Waals surface area contributed by atoms with Gasteiger partial charge in [-0.3, -0.25) is 4.90 Å². The number of likely N-dealkylation sites (tertiary alicyclic amines) is 1. The van der Waals surface area contributed by atoms with Crippen LogP contribution in [0.4, 0.5) is 0 Å². The summed E-state index contributed by atoms with van der Waals surface area (Å²) in [6.45, 7) is 8.80. The lowest BCUT2D eigenvalue weighted by Gasteiger charge is -2.43. The summed E-state index contributed by atoms with van der Waals surface area (Å²) >= 11 is 0. The van der Waals surface area contributed by atoms with E-state index in [2.05, 4.69) is 24.1 Å². The molecule has 0 aromatic rings. The van der Waals surface area contributed by atoms with Crippen molar-refractivity contribution in [1.29, 1.82) is 0 Å². The van der Waals surface area contributed by atoms with Crippen LogP contribution in [0.3, 0.4) is 0 Å². The molecule has 1 saturated carbocycles. The first-order chi connectivity index (χ1) is 9.65. The number of hydrogen-bond acceptors (Lipinski definition) is 4. The summed E-state index contributed by atoms with van der Waals surface area (Å²) in [5, 5.41) is 13.7. The summed E-state index contributed by atoms with van der Waals surface area (Å²) in [5.74, 6) is 1.30. The molecule has 118 valence electrons. The Morgan fingerprint density at radius 2 is 2.10 bits per heavy atom. The molecule has 3 atom stereocenters. The van der Waals surface area contributed by atoms with Crippen LogP contribution in [0.1, 0.15) is 39.5 Å². The Morgan fingerprint density at radius 1 is 1.35 bits per heavy atom. The van der Waals surface area contributed by atoms with Crippen LogP contribution in [0, 0.1) is 11.8 Å². The van der Waals surface area contributed by atoms with E-state index in [1.54, 1.807) is 0 Å². The monoisotopic (exact) mass is 284 g/mol. The lowest BCUT2D eigenvalue weighted by Crippen LogP contribution is -2.60. The second-order valence-electron chi connectivity index (χ2n) is 6.79. The van der Waals surface area contributed by atoms with E-state index in [9.17, 15) is 5.11 Å². The number of rotatable bonds is 8. The molecule has 4 heteroatoms. The first kappa shape index (κ1) is 16.2. The van der Waals surface area contributed by atoms with Gasteiger partial charge in [0.15, 0.2) is 0 Å². The van der Waals surface area contributed by atoms with Crippen molar-refractivity contribution >= 4 is 0 Å². The maximum absolute atomic E-state index is 10.00. The first-order valence-electron chi connectivity index (χ1n) is 8.26. The lowest BCUT2D eigenvalue weighted by molar-refractivity contribution is -0.0206. The molecule has 2 N–H and O–H groups in total. The van der Waals surface area contributed by atoms with Gasteiger partial charge in [0.2, 0.25) is 0 Å². The van der Waals surface area contributed by atoms with Crippen molar-refractivity contribution in [2.45, 2.75) is 51.2 Å². The van der Waals surface area contributed by atoms with E-state index in [-0.39, 0.29) is 12.1 Å². The Kier molecular flexibility index (Phi) is 5.84. The molecule has 2 fully saturated rings. The third-order valence-corrected chi connectivity index (χ3v) is 5.15. The summed E-state index contributed by atoms with van der Waals surface area (Å²) in [6.07, 6.45) is 5.17. The average molecular weight is 284 g/mol. The quantitative estimate of drug-likeness (QED) is 0.709. The van der Waals surface area contributed by atoms with Gasteiger partial charge in [-0.05, 0) is 50.6 Å². The maximum Gasteiger partial charge on any atom is 0.0724 e. The van der Waals surface area contributed by atoms with E-state index < -0.39 is 0 Å². The molecule has 2 aliphatic rings. The fourth-order valence-corrected chi connectivity index (χ4v) is 3.52. The maximum atomic E-state index is 10.00. The van der Waals surface area contributed by atoms with Gasteiger partial charge in [-0.1, -0.05) is 13.8 Å². The van der Waals surface area contributed by atoms with Crippen LogP contribution < -0.4 is 5.32 Å². The molecule has 0 aromatic heterocycles. The van der Waals surface area contributed by atoms with Crippen molar-refractivity contribution in [2.24, 2.45) is 11.8 Å². The predicted octanol–water partition coefficient (Wildman–Crippen LogP) is 1.48. The third kappa shape index (κ3) is 3.73. The van der Waals surface area contributed by atoms with Crippen molar-refractivity contribution < 1.29 is 9.84 Å². The van der Waals surface area contributed by atoms with E-state index >= 15 is 0 Å². The number of piperidine rings is 1. The second-order valence-corrected chi connectivity index (χ2v) is 6.79. The van der Waals surface area contributed by atoms with E-state index in [0.29, 0.717) is 17.9 Å². The van der Waals surface area contributed by atoms with Gasteiger partial charge in [0, 0.05) is 20.2 Å². The minimum atomic E-state index is -0.0884. The van der Waals surface area contributed by atoms with Crippen molar-refractivity contribution in [3.63, 3.8) is 0 Å². The highest BCUT2D eigenvalue weighted by Gasteiger charge is 2.46. The normalized spacial score (nSPS) is 31.2. The highest BCUT2D eigenvalue weighted by Crippen LogP contribution is 2.40. The van der Waals surface area contributed by atoms with E-state index in [1.807, 2.05) is 7.11 Å². The van der Waals surface area contributed by atoms with Crippen molar-refractivity contribution in [1.82, 2.24) is 10.2 Å². The molecule has 4 nitrogen and oxygen atoms in total. The Labute approximate surface area is 123 Å². The molecule has 1 aliphatic heterocycles. The van der Waals surface area contributed by atoms with Crippen LogP contribution in [-0.2, 0) is 4.74 Å². The number of nitrogens with one attached hydrogen (secondary N) is 1. The molecule has 0 aromatic carbocycles. The topological polar surface area (TPSA) is 44.7 Å². The van der Waals surface area contributed by atoms with Crippen LogP contribution in [0.2, 0.25) is 0 Å². The largest absolute Gasteiger partial charge is 0.394 e. The highest BCUT2D eigenvalue weighted by molar-refractivity contribution is 5.03. The fourth-order valence-electron chi connectivity index (χ4n) is 3.52. The van der Waals surface area contributed by atoms with Gasteiger partial charge in [0.25, 0.3) is 0 Å². The Balaban J connectivity index is 1.96. The summed E-state index contributed by atoms with van der Waals surface area (Å²) in [7, 11) is 1.82. The van der Waals surface area contributed by atoms with Crippen molar-refractivity contribution in [2.75, 3.05) is 39.9 Å². The van der Waals surface area contributed by atoms with Gasteiger partial charge in [-0.2, -0.15) is 0 Å². The summed E-state index contributed by atoms with van der Waals surface area (Å²) in [5.41, 5.74) is -0.0884. The molecule has 1 heterocycles. The van der Waals surface area contributed by atoms with Crippen LogP contribution in [0.25, 0.3) is 0 Å². The minimum absolute atomic E-state index is 0.0884. The Bertz CT molecular complexity index is 296. The highest BCUT2D eigenvalue weighted by atomic mass is 16.5. The molecular weight excluding hydrogens is 252 g/mol. The molecule has 1 aliphatic carbocycles. The third-order valence-electron chi connectivity index (χ3n) is 5.15. The fraction of sp³-hybridized carbons (Fsp3) is 1.00. The molecule has 0 amide bonds. The average Bonchev–Trinajstić information content (AvgIpc) is 3.30. The molecule has 0 spiro atoms. The van der Waals surface area contributed by atoms with Gasteiger partial charge in [0.05, 0.1) is 18.2 Å². The van der Waals surface area contributed by atoms with Crippen LogP contribution >= 0.6 is 0 Å². The zero-order valence-corrected chi connectivity index (χ0v) is 13.4. The number of aliphatic hydroxyl groups is 1. The van der Waals surface area contributed by atoms with Crippen LogP contribution in [0.5, 0.6) is 0 Å². The van der Waals surface area contributed by atoms with Gasteiger partial charge in [0.1, 0.15) is 0 Å². The molecule has 0 radical (unpaired) electrons. The minimum Gasteiger partial charge on any atom is -0.394 e. The van der Waals surface area contributed by atoms with Crippen molar-refractivity contribution in [3.8, 4) is 0 Å². The molecule has 3 unspecified atom stereocenters. The van der Waals surface area contributed by atoms with Crippen LogP contribution in [-0.4, -0.2) is 61.5 Å². The molecule has 20 heavy (non-hydrogen) atoms. The number of methoxy groups -OCH3 is 1. The molecule has 0 bridgehead atoms. The van der Waals surface area contributed by atoms with Crippen molar-refractivity contribution in [3.05, 3.63) is 0 Å². The molecule has 1 saturated heterocycles. The molecular formula is C16H32N2O2. The number of hydrogen-bond donors (Lipinski definition) is 2. The zero-order chi connectivity index (χ0) is 14.6. The van der Waals surface area contributed by atoms with Gasteiger partial charge >= 0.3 is 0 Å². The Hall–Kier alpha value is -0.160.